The number of aromatic hydroxyl groups is 1. The lowest BCUT2D eigenvalue weighted by atomic mass is 10.1. The van der Waals surface area contributed by atoms with Crippen molar-refractivity contribution in [3.8, 4) is 5.75 Å². The van der Waals surface area contributed by atoms with Gasteiger partial charge in [0.15, 0.2) is 0 Å². The molecule has 0 radical (unpaired) electrons. The van der Waals surface area contributed by atoms with Crippen molar-refractivity contribution < 1.29 is 5.11 Å². The number of rotatable bonds is 4. The predicted molar refractivity (Wildman–Crippen MR) is 122 cm³/mol. The Morgan fingerprint density at radius 2 is 1.86 bits per heavy atom. The van der Waals surface area contributed by atoms with Crippen LogP contribution in [0, 0.1) is 0 Å². The van der Waals surface area contributed by atoms with Gasteiger partial charge >= 0.3 is 0 Å². The first-order chi connectivity index (χ1) is 13.2. The number of aromatic nitrogens is 1. The monoisotopic (exact) mass is 456 g/mol. The molecule has 3 aromatic rings. The zero-order chi connectivity index (χ0) is 18.6. The van der Waals surface area contributed by atoms with Crippen LogP contribution in [0.4, 0.5) is 0 Å². The molecule has 28 heavy (non-hydrogen) atoms. The van der Waals surface area contributed by atoms with Gasteiger partial charge in [-0.1, -0.05) is 58.4 Å². The van der Waals surface area contributed by atoms with Gasteiger partial charge in [0, 0.05) is 29.5 Å². The number of phenolic OH excluding ortho intramolecular Hbond substituents is 1. The van der Waals surface area contributed by atoms with E-state index in [-0.39, 0.29) is 18.2 Å². The van der Waals surface area contributed by atoms with Crippen LogP contribution in [0.3, 0.4) is 0 Å². The van der Waals surface area contributed by atoms with Crippen LogP contribution >= 0.6 is 28.3 Å². The molecular weight excluding hydrogens is 436 g/mol. The summed E-state index contributed by atoms with van der Waals surface area (Å²) in [6.45, 7) is 2.99. The number of benzene rings is 2. The Labute approximate surface area is 179 Å². The SMILES string of the molecule is Cl.Oc1cccc2ccc(/C=C/C3=CCN(Cc4ccc(Br)cc4)CC3)nc12. The van der Waals surface area contributed by atoms with Crippen molar-refractivity contribution in [1.82, 2.24) is 9.88 Å². The Balaban J connectivity index is 0.00000225. The van der Waals surface area contributed by atoms with Crippen molar-refractivity contribution in [3.63, 3.8) is 0 Å². The van der Waals surface area contributed by atoms with Gasteiger partial charge in [-0.05, 0) is 47.9 Å². The van der Waals surface area contributed by atoms with E-state index in [1.54, 1.807) is 6.07 Å². The maximum absolute atomic E-state index is 9.97. The minimum Gasteiger partial charge on any atom is -0.506 e. The van der Waals surface area contributed by atoms with Crippen molar-refractivity contribution in [2.45, 2.75) is 13.0 Å². The Morgan fingerprint density at radius 3 is 2.61 bits per heavy atom. The highest BCUT2D eigenvalue weighted by Gasteiger charge is 2.10. The molecular formula is C23H22BrClN2O. The lowest BCUT2D eigenvalue weighted by molar-refractivity contribution is 0.287. The fraction of sp³-hybridized carbons (Fsp3) is 0.174. The molecule has 0 amide bonds. The molecule has 0 unspecified atom stereocenters. The first-order valence-corrected chi connectivity index (χ1v) is 9.89. The molecule has 4 rings (SSSR count). The normalized spacial score (nSPS) is 14.8. The molecule has 0 fully saturated rings. The van der Waals surface area contributed by atoms with Gasteiger partial charge in [0.25, 0.3) is 0 Å². The van der Waals surface area contributed by atoms with Crippen molar-refractivity contribution in [3.05, 3.63) is 88.1 Å². The van der Waals surface area contributed by atoms with Crippen LogP contribution in [0.15, 0.2) is 76.8 Å². The molecule has 144 valence electrons. The second-order valence-corrected chi connectivity index (χ2v) is 7.72. The Morgan fingerprint density at radius 1 is 1.04 bits per heavy atom. The van der Waals surface area contributed by atoms with Gasteiger partial charge in [0.2, 0.25) is 0 Å². The van der Waals surface area contributed by atoms with Gasteiger partial charge in [0.1, 0.15) is 11.3 Å². The van der Waals surface area contributed by atoms with Crippen molar-refractivity contribution in [2.75, 3.05) is 13.1 Å². The number of halogens is 2. The smallest absolute Gasteiger partial charge is 0.141 e. The number of hydrogen-bond acceptors (Lipinski definition) is 3. The highest BCUT2D eigenvalue weighted by Crippen LogP contribution is 2.23. The molecule has 0 aliphatic carbocycles. The van der Waals surface area contributed by atoms with Crippen LogP contribution in [-0.2, 0) is 6.54 Å². The molecule has 3 nitrogen and oxygen atoms in total. The number of nitrogens with zero attached hydrogens (tertiary/aromatic N) is 2. The van der Waals surface area contributed by atoms with Gasteiger partial charge in [0.05, 0.1) is 5.69 Å². The largest absolute Gasteiger partial charge is 0.506 e. The molecule has 0 atom stereocenters. The van der Waals surface area contributed by atoms with Crippen LogP contribution in [0.5, 0.6) is 5.75 Å². The average Bonchev–Trinajstić information content (AvgIpc) is 2.70. The van der Waals surface area contributed by atoms with E-state index < -0.39 is 0 Å². The molecule has 1 aliphatic rings. The van der Waals surface area contributed by atoms with Crippen molar-refractivity contribution in [2.24, 2.45) is 0 Å². The molecule has 1 N–H and O–H groups in total. The van der Waals surface area contributed by atoms with Gasteiger partial charge in [-0.15, -0.1) is 12.4 Å². The van der Waals surface area contributed by atoms with Gasteiger partial charge < -0.3 is 5.11 Å². The Hall–Kier alpha value is -2.14. The minimum absolute atomic E-state index is 0. The van der Waals surface area contributed by atoms with Crippen LogP contribution < -0.4 is 0 Å². The Kier molecular flexibility index (Phi) is 6.89. The van der Waals surface area contributed by atoms with Crippen LogP contribution in [0.1, 0.15) is 17.7 Å². The summed E-state index contributed by atoms with van der Waals surface area (Å²) in [6, 6.07) is 18.0. The van der Waals surface area contributed by atoms with E-state index in [1.165, 1.54) is 11.1 Å². The van der Waals surface area contributed by atoms with Crippen LogP contribution in [0.2, 0.25) is 0 Å². The summed E-state index contributed by atoms with van der Waals surface area (Å²) >= 11 is 3.48. The summed E-state index contributed by atoms with van der Waals surface area (Å²) < 4.78 is 1.12. The minimum atomic E-state index is 0. The lowest BCUT2D eigenvalue weighted by Crippen LogP contribution is -2.27. The first kappa shape index (κ1) is 20.6. The summed E-state index contributed by atoms with van der Waals surface area (Å²) in [6.07, 6.45) is 7.50. The van der Waals surface area contributed by atoms with Gasteiger partial charge in [-0.25, -0.2) is 4.98 Å². The number of pyridine rings is 1. The van der Waals surface area contributed by atoms with Crippen molar-refractivity contribution >= 4 is 45.3 Å². The zero-order valence-electron chi connectivity index (χ0n) is 15.4. The van der Waals surface area contributed by atoms with E-state index in [9.17, 15) is 5.11 Å². The molecule has 2 heterocycles. The standard InChI is InChI=1S/C23H21BrN2O.ClH/c24-20-8-4-18(5-9-20)16-26-14-12-17(13-15-26)6-10-21-11-7-19-2-1-3-22(27)23(19)25-21;/h1-12,27H,13-16H2;1H/b10-6+;. The van der Waals surface area contributed by atoms with E-state index in [4.69, 9.17) is 0 Å². The fourth-order valence-electron chi connectivity index (χ4n) is 3.30. The van der Waals surface area contributed by atoms with E-state index in [0.717, 1.165) is 41.6 Å². The maximum atomic E-state index is 9.97. The summed E-state index contributed by atoms with van der Waals surface area (Å²) in [7, 11) is 0. The third-order valence-electron chi connectivity index (χ3n) is 4.84. The second-order valence-electron chi connectivity index (χ2n) is 6.81. The molecule has 0 saturated carbocycles. The topological polar surface area (TPSA) is 36.4 Å². The number of allylic oxidation sites excluding steroid dienone is 1. The molecule has 1 aromatic heterocycles. The number of hydrogen-bond donors (Lipinski definition) is 1. The highest BCUT2D eigenvalue weighted by atomic mass is 79.9. The second kappa shape index (κ2) is 9.37. The molecule has 0 spiro atoms. The lowest BCUT2D eigenvalue weighted by Gasteiger charge is -2.25. The molecule has 5 heteroatoms. The average molecular weight is 458 g/mol. The number of fused-ring (bicyclic) bond motifs is 1. The molecule has 0 saturated heterocycles. The predicted octanol–water partition coefficient (Wildman–Crippen LogP) is 5.97. The maximum Gasteiger partial charge on any atom is 0.141 e. The number of phenols is 1. The molecule has 0 bridgehead atoms. The summed E-state index contributed by atoms with van der Waals surface area (Å²) in [4.78, 5) is 7.01. The quantitative estimate of drug-likeness (QED) is 0.524. The zero-order valence-corrected chi connectivity index (χ0v) is 17.8. The molecule has 1 aliphatic heterocycles. The molecule has 2 aromatic carbocycles. The van der Waals surface area contributed by atoms with E-state index in [2.05, 4.69) is 62.2 Å². The van der Waals surface area contributed by atoms with Crippen LogP contribution in [0.25, 0.3) is 17.0 Å². The van der Waals surface area contributed by atoms with Crippen LogP contribution in [-0.4, -0.2) is 28.1 Å². The summed E-state index contributed by atoms with van der Waals surface area (Å²) in [5.41, 5.74) is 4.19. The van der Waals surface area contributed by atoms with E-state index in [0.29, 0.717) is 5.52 Å². The fourth-order valence-corrected chi connectivity index (χ4v) is 3.57. The summed E-state index contributed by atoms with van der Waals surface area (Å²) in [5.74, 6) is 0.225. The third-order valence-corrected chi connectivity index (χ3v) is 5.37. The third kappa shape index (κ3) is 5.02. The highest BCUT2D eigenvalue weighted by molar-refractivity contribution is 9.10. The summed E-state index contributed by atoms with van der Waals surface area (Å²) in [5, 5.41) is 10.9. The van der Waals surface area contributed by atoms with Crippen molar-refractivity contribution in [1.29, 1.82) is 0 Å². The van der Waals surface area contributed by atoms with E-state index >= 15 is 0 Å². The Bertz CT molecular complexity index is 1010. The number of para-hydroxylation sites is 1. The van der Waals surface area contributed by atoms with E-state index in [1.807, 2.05) is 30.3 Å². The first-order valence-electron chi connectivity index (χ1n) is 9.10. The van der Waals surface area contributed by atoms with Gasteiger partial charge in [-0.2, -0.15) is 0 Å². The van der Waals surface area contributed by atoms with Gasteiger partial charge in [-0.3, -0.25) is 4.90 Å².